The summed E-state index contributed by atoms with van der Waals surface area (Å²) < 4.78 is 0. The minimum atomic E-state index is -0.0230. The van der Waals surface area contributed by atoms with Crippen LogP contribution in [0.15, 0.2) is 23.1 Å². The highest BCUT2D eigenvalue weighted by molar-refractivity contribution is 8.00. The van der Waals surface area contributed by atoms with Crippen molar-refractivity contribution in [1.82, 2.24) is 0 Å². The van der Waals surface area contributed by atoms with Crippen molar-refractivity contribution in [2.75, 3.05) is 5.32 Å². The molecule has 1 aromatic carbocycles. The van der Waals surface area contributed by atoms with Gasteiger partial charge in [-0.1, -0.05) is 31.5 Å². The molecule has 1 unspecified atom stereocenters. The molecule has 0 heterocycles. The SMILES string of the molecule is CC(N)CCC(=O)Nc1cccc(Cl)c1SC(C)C. The molecular weight excluding hydrogens is 280 g/mol. The molecule has 0 aliphatic heterocycles. The van der Waals surface area contributed by atoms with E-state index in [0.717, 1.165) is 10.6 Å². The van der Waals surface area contributed by atoms with Crippen molar-refractivity contribution in [3.63, 3.8) is 0 Å². The Bertz CT molecular complexity index is 435. The predicted molar refractivity (Wildman–Crippen MR) is 84.0 cm³/mol. The Morgan fingerprint density at radius 2 is 2.11 bits per heavy atom. The number of nitrogens with two attached hydrogens (primary N) is 1. The summed E-state index contributed by atoms with van der Waals surface area (Å²) in [7, 11) is 0. The van der Waals surface area contributed by atoms with E-state index in [2.05, 4.69) is 19.2 Å². The van der Waals surface area contributed by atoms with Crippen LogP contribution in [-0.2, 0) is 4.79 Å². The number of hydrogen-bond acceptors (Lipinski definition) is 3. The van der Waals surface area contributed by atoms with Gasteiger partial charge in [0.2, 0.25) is 5.91 Å². The van der Waals surface area contributed by atoms with Gasteiger partial charge in [0.1, 0.15) is 0 Å². The maximum absolute atomic E-state index is 11.8. The van der Waals surface area contributed by atoms with Crippen molar-refractivity contribution in [1.29, 1.82) is 0 Å². The summed E-state index contributed by atoms with van der Waals surface area (Å²) in [5.41, 5.74) is 6.43. The van der Waals surface area contributed by atoms with Gasteiger partial charge in [0.25, 0.3) is 0 Å². The van der Waals surface area contributed by atoms with Gasteiger partial charge in [0, 0.05) is 22.6 Å². The van der Waals surface area contributed by atoms with E-state index in [0.29, 0.717) is 23.1 Å². The maximum atomic E-state index is 11.8. The Morgan fingerprint density at radius 3 is 2.68 bits per heavy atom. The molecule has 5 heteroatoms. The van der Waals surface area contributed by atoms with Gasteiger partial charge in [-0.05, 0) is 25.5 Å². The summed E-state index contributed by atoms with van der Waals surface area (Å²) in [6.07, 6.45) is 1.11. The van der Waals surface area contributed by atoms with Gasteiger partial charge in [-0.3, -0.25) is 4.79 Å². The standard InChI is InChI=1S/C14H21ClN2OS/c1-9(2)19-14-11(15)5-4-6-12(14)17-13(18)8-7-10(3)16/h4-6,9-10H,7-8,16H2,1-3H3,(H,17,18). The quantitative estimate of drug-likeness (QED) is 0.783. The molecule has 0 saturated heterocycles. The Morgan fingerprint density at radius 1 is 1.42 bits per heavy atom. The zero-order chi connectivity index (χ0) is 14.4. The average Bonchev–Trinajstić information content (AvgIpc) is 2.30. The lowest BCUT2D eigenvalue weighted by molar-refractivity contribution is -0.116. The van der Waals surface area contributed by atoms with E-state index in [9.17, 15) is 4.79 Å². The normalized spacial score (nSPS) is 12.5. The van der Waals surface area contributed by atoms with E-state index >= 15 is 0 Å². The molecule has 3 N–H and O–H groups in total. The van der Waals surface area contributed by atoms with Gasteiger partial charge in [-0.25, -0.2) is 0 Å². The summed E-state index contributed by atoms with van der Waals surface area (Å²) in [4.78, 5) is 12.8. The zero-order valence-corrected chi connectivity index (χ0v) is 13.1. The van der Waals surface area contributed by atoms with Crippen LogP contribution in [0.1, 0.15) is 33.6 Å². The van der Waals surface area contributed by atoms with E-state index in [-0.39, 0.29) is 11.9 Å². The highest BCUT2D eigenvalue weighted by Gasteiger charge is 2.12. The number of amides is 1. The van der Waals surface area contributed by atoms with E-state index in [4.69, 9.17) is 17.3 Å². The minimum Gasteiger partial charge on any atom is -0.328 e. The molecule has 0 aliphatic rings. The van der Waals surface area contributed by atoms with Crippen LogP contribution in [0.2, 0.25) is 5.02 Å². The molecule has 3 nitrogen and oxygen atoms in total. The highest BCUT2D eigenvalue weighted by atomic mass is 35.5. The number of nitrogens with one attached hydrogen (secondary N) is 1. The van der Waals surface area contributed by atoms with Crippen molar-refractivity contribution in [3.05, 3.63) is 23.2 Å². The first-order chi connectivity index (χ1) is 8.90. The first-order valence-corrected chi connectivity index (χ1v) is 7.66. The Balaban J connectivity index is 2.77. The lowest BCUT2D eigenvalue weighted by Crippen LogP contribution is -2.19. The van der Waals surface area contributed by atoms with Crippen molar-refractivity contribution < 1.29 is 4.79 Å². The van der Waals surface area contributed by atoms with E-state index in [1.54, 1.807) is 11.8 Å². The topological polar surface area (TPSA) is 55.1 Å². The van der Waals surface area contributed by atoms with Crippen molar-refractivity contribution in [2.24, 2.45) is 5.73 Å². The van der Waals surface area contributed by atoms with Crippen LogP contribution in [0.3, 0.4) is 0 Å². The molecule has 1 aromatic rings. The first-order valence-electron chi connectivity index (χ1n) is 6.40. The number of thioether (sulfide) groups is 1. The first kappa shape index (κ1) is 16.3. The third-order valence-corrected chi connectivity index (χ3v) is 4.00. The van der Waals surface area contributed by atoms with Crippen LogP contribution < -0.4 is 11.1 Å². The van der Waals surface area contributed by atoms with Crippen LogP contribution in [0.5, 0.6) is 0 Å². The number of hydrogen-bond donors (Lipinski definition) is 2. The summed E-state index contributed by atoms with van der Waals surface area (Å²) in [5.74, 6) is -0.0230. The second-order valence-corrected chi connectivity index (χ2v) is 6.84. The molecule has 106 valence electrons. The van der Waals surface area contributed by atoms with Gasteiger partial charge in [0.15, 0.2) is 0 Å². The number of benzene rings is 1. The third kappa shape index (κ3) is 5.85. The van der Waals surface area contributed by atoms with Gasteiger partial charge < -0.3 is 11.1 Å². The molecule has 0 radical (unpaired) electrons. The van der Waals surface area contributed by atoms with E-state index in [1.807, 2.05) is 25.1 Å². The Labute approximate surface area is 124 Å². The second-order valence-electron chi connectivity index (χ2n) is 4.85. The maximum Gasteiger partial charge on any atom is 0.224 e. The van der Waals surface area contributed by atoms with Gasteiger partial charge >= 0.3 is 0 Å². The lowest BCUT2D eigenvalue weighted by Gasteiger charge is -2.14. The summed E-state index contributed by atoms with van der Waals surface area (Å²) >= 11 is 7.84. The molecular formula is C14H21ClN2OS. The molecule has 0 aromatic heterocycles. The molecule has 0 aliphatic carbocycles. The van der Waals surface area contributed by atoms with Gasteiger partial charge in [-0.15, -0.1) is 11.8 Å². The van der Waals surface area contributed by atoms with Crippen molar-refractivity contribution in [2.45, 2.75) is 49.8 Å². The number of carbonyl (C=O) groups excluding carboxylic acids is 1. The van der Waals surface area contributed by atoms with Gasteiger partial charge in [0.05, 0.1) is 10.7 Å². The fraction of sp³-hybridized carbons (Fsp3) is 0.500. The molecule has 1 amide bonds. The fourth-order valence-corrected chi connectivity index (χ4v) is 2.74. The number of rotatable bonds is 6. The smallest absolute Gasteiger partial charge is 0.224 e. The lowest BCUT2D eigenvalue weighted by atomic mass is 10.2. The monoisotopic (exact) mass is 300 g/mol. The Hall–Kier alpha value is -0.710. The largest absolute Gasteiger partial charge is 0.328 e. The van der Waals surface area contributed by atoms with Crippen LogP contribution in [0.4, 0.5) is 5.69 Å². The molecule has 0 spiro atoms. The third-order valence-electron chi connectivity index (χ3n) is 2.42. The average molecular weight is 301 g/mol. The summed E-state index contributed by atoms with van der Waals surface area (Å²) in [6.45, 7) is 6.08. The zero-order valence-electron chi connectivity index (χ0n) is 11.6. The number of carbonyl (C=O) groups is 1. The second kappa shape index (κ2) is 7.78. The van der Waals surface area contributed by atoms with Crippen LogP contribution in [-0.4, -0.2) is 17.2 Å². The van der Waals surface area contributed by atoms with Crippen molar-refractivity contribution >= 4 is 35.0 Å². The minimum absolute atomic E-state index is 0.0230. The Kier molecular flexibility index (Phi) is 6.69. The van der Waals surface area contributed by atoms with Crippen LogP contribution >= 0.6 is 23.4 Å². The summed E-state index contributed by atoms with van der Waals surface area (Å²) in [5, 5.41) is 3.98. The van der Waals surface area contributed by atoms with E-state index in [1.165, 1.54) is 0 Å². The van der Waals surface area contributed by atoms with Gasteiger partial charge in [-0.2, -0.15) is 0 Å². The van der Waals surface area contributed by atoms with Crippen LogP contribution in [0, 0.1) is 0 Å². The molecule has 0 saturated carbocycles. The summed E-state index contributed by atoms with van der Waals surface area (Å²) in [6, 6.07) is 5.59. The van der Waals surface area contributed by atoms with Crippen LogP contribution in [0.25, 0.3) is 0 Å². The fourth-order valence-electron chi connectivity index (χ4n) is 1.53. The van der Waals surface area contributed by atoms with E-state index < -0.39 is 0 Å². The highest BCUT2D eigenvalue weighted by Crippen LogP contribution is 2.36. The van der Waals surface area contributed by atoms with Crippen molar-refractivity contribution in [3.8, 4) is 0 Å². The molecule has 0 bridgehead atoms. The molecule has 1 rings (SSSR count). The number of halogens is 1. The number of anilines is 1. The molecule has 19 heavy (non-hydrogen) atoms. The molecule has 1 atom stereocenters. The molecule has 0 fully saturated rings. The predicted octanol–water partition coefficient (Wildman–Crippen LogP) is 3.91.